The number of nitrogens with zero attached hydrogens (tertiary/aromatic N) is 3. The largest absolute Gasteiger partial charge is 0.459 e. The number of rotatable bonds is 5. The Labute approximate surface area is 179 Å². The third-order valence-corrected chi connectivity index (χ3v) is 5.51. The number of aliphatic hydroxyl groups excluding tert-OH is 1. The third kappa shape index (κ3) is 4.46. The van der Waals surface area contributed by atoms with Crippen molar-refractivity contribution in [2.75, 3.05) is 23.3 Å². The molecule has 1 saturated heterocycles. The number of carbonyl (C=O) groups is 1. The molecular weight excluding hydrogens is 401 g/mol. The number of aliphatic hydroxyl groups is 1. The first-order valence-corrected chi connectivity index (χ1v) is 10.3. The van der Waals surface area contributed by atoms with E-state index < -0.39 is 12.1 Å². The van der Waals surface area contributed by atoms with Crippen LogP contribution in [0, 0.1) is 18.7 Å². The van der Waals surface area contributed by atoms with Crippen molar-refractivity contribution in [3.05, 3.63) is 47.7 Å². The standard InChI is InChI=1S/C22H26FN5O3/c1-12(2)19(20-13(3)17-8-14(23)4-5-18(17)31-20)27-22(30)26-15-9-24-21(25-10-15)28-7-6-16(29)11-28/h4-5,8-10,12,16,19,29H,6-7,11H2,1-3H3,(H2,26,27,30)/t16-,19?/m0/s1. The second-order valence-corrected chi connectivity index (χ2v) is 8.21. The lowest BCUT2D eigenvalue weighted by molar-refractivity contribution is 0.198. The van der Waals surface area contributed by atoms with Gasteiger partial charge in [-0.1, -0.05) is 13.8 Å². The van der Waals surface area contributed by atoms with E-state index in [4.69, 9.17) is 4.42 Å². The molecule has 8 nitrogen and oxygen atoms in total. The molecule has 9 heteroatoms. The number of benzene rings is 1. The van der Waals surface area contributed by atoms with E-state index in [1.165, 1.54) is 24.5 Å². The third-order valence-electron chi connectivity index (χ3n) is 5.51. The van der Waals surface area contributed by atoms with Gasteiger partial charge in [0, 0.05) is 24.0 Å². The fourth-order valence-electron chi connectivity index (χ4n) is 3.82. The number of β-amino-alcohol motifs (C(OH)–C–C–N with tert-alkyl or cyclic N) is 1. The Morgan fingerprint density at radius 2 is 2.06 bits per heavy atom. The smallest absolute Gasteiger partial charge is 0.319 e. The topological polar surface area (TPSA) is 104 Å². The van der Waals surface area contributed by atoms with Crippen molar-refractivity contribution in [3.63, 3.8) is 0 Å². The van der Waals surface area contributed by atoms with Crippen LogP contribution >= 0.6 is 0 Å². The Kier molecular flexibility index (Phi) is 5.77. The minimum atomic E-state index is -0.419. The summed E-state index contributed by atoms with van der Waals surface area (Å²) in [4.78, 5) is 23.1. The van der Waals surface area contributed by atoms with Crippen LogP contribution < -0.4 is 15.5 Å². The molecule has 0 aliphatic carbocycles. The van der Waals surface area contributed by atoms with Crippen LogP contribution in [-0.2, 0) is 0 Å². The van der Waals surface area contributed by atoms with Gasteiger partial charge >= 0.3 is 6.03 Å². The summed E-state index contributed by atoms with van der Waals surface area (Å²) < 4.78 is 19.6. The van der Waals surface area contributed by atoms with E-state index >= 15 is 0 Å². The number of halogens is 1. The number of fused-ring (bicyclic) bond motifs is 1. The number of hydrogen-bond acceptors (Lipinski definition) is 6. The molecule has 4 rings (SSSR count). The number of anilines is 2. The summed E-state index contributed by atoms with van der Waals surface area (Å²) in [6.07, 6.45) is 3.40. The molecule has 0 radical (unpaired) electrons. The SMILES string of the molecule is Cc1c(C(NC(=O)Nc2cnc(N3CC[C@H](O)C3)nc2)C(C)C)oc2ccc(F)cc12. The number of aromatic nitrogens is 2. The molecule has 0 spiro atoms. The summed E-state index contributed by atoms with van der Waals surface area (Å²) in [6, 6.07) is 3.57. The maximum Gasteiger partial charge on any atom is 0.319 e. The molecule has 31 heavy (non-hydrogen) atoms. The van der Waals surface area contributed by atoms with Gasteiger partial charge in [-0.05, 0) is 37.5 Å². The zero-order valence-corrected chi connectivity index (χ0v) is 17.7. The molecule has 1 aliphatic rings. The Morgan fingerprint density at radius 3 is 2.71 bits per heavy atom. The highest BCUT2D eigenvalue weighted by atomic mass is 19.1. The molecule has 2 amide bonds. The molecule has 164 valence electrons. The molecule has 1 fully saturated rings. The average Bonchev–Trinajstić information content (AvgIpc) is 3.30. The van der Waals surface area contributed by atoms with Crippen LogP contribution in [0.3, 0.4) is 0 Å². The number of furan rings is 1. The zero-order valence-electron chi connectivity index (χ0n) is 17.7. The molecule has 0 bridgehead atoms. The van der Waals surface area contributed by atoms with Gasteiger partial charge < -0.3 is 25.1 Å². The molecule has 2 aromatic heterocycles. The van der Waals surface area contributed by atoms with Gasteiger partial charge in [0.05, 0.1) is 30.2 Å². The maximum absolute atomic E-state index is 13.6. The minimum Gasteiger partial charge on any atom is -0.459 e. The van der Waals surface area contributed by atoms with Gasteiger partial charge in [-0.2, -0.15) is 0 Å². The Bertz CT molecular complexity index is 1080. The summed E-state index contributed by atoms with van der Waals surface area (Å²) >= 11 is 0. The monoisotopic (exact) mass is 427 g/mol. The minimum absolute atomic E-state index is 0.0371. The number of hydrogen-bond donors (Lipinski definition) is 3. The van der Waals surface area contributed by atoms with Gasteiger partial charge in [-0.15, -0.1) is 0 Å². The molecule has 1 unspecified atom stereocenters. The van der Waals surface area contributed by atoms with E-state index in [0.29, 0.717) is 47.9 Å². The maximum atomic E-state index is 13.6. The molecular formula is C22H26FN5O3. The van der Waals surface area contributed by atoms with Crippen LogP contribution in [0.4, 0.5) is 20.8 Å². The van der Waals surface area contributed by atoms with Crippen molar-refractivity contribution in [2.45, 2.75) is 39.3 Å². The van der Waals surface area contributed by atoms with Crippen LogP contribution in [0.25, 0.3) is 11.0 Å². The lowest BCUT2D eigenvalue weighted by Gasteiger charge is -2.21. The van der Waals surface area contributed by atoms with E-state index in [-0.39, 0.29) is 17.8 Å². The molecule has 1 aliphatic heterocycles. The molecule has 3 N–H and O–H groups in total. The summed E-state index contributed by atoms with van der Waals surface area (Å²) in [5.74, 6) is 0.828. The second-order valence-electron chi connectivity index (χ2n) is 8.21. The Balaban J connectivity index is 1.46. The Morgan fingerprint density at radius 1 is 1.32 bits per heavy atom. The van der Waals surface area contributed by atoms with Crippen LogP contribution in [0.15, 0.2) is 35.0 Å². The van der Waals surface area contributed by atoms with E-state index in [1.54, 1.807) is 6.07 Å². The van der Waals surface area contributed by atoms with Crippen molar-refractivity contribution in [1.29, 1.82) is 0 Å². The number of nitrogens with one attached hydrogen (secondary N) is 2. The normalized spacial score (nSPS) is 17.4. The van der Waals surface area contributed by atoms with Crippen LogP contribution in [0.5, 0.6) is 0 Å². The first-order chi connectivity index (χ1) is 14.8. The van der Waals surface area contributed by atoms with E-state index in [9.17, 15) is 14.3 Å². The highest BCUT2D eigenvalue weighted by molar-refractivity contribution is 5.89. The Hall–Kier alpha value is -3.20. The first kappa shape index (κ1) is 21.0. The summed E-state index contributed by atoms with van der Waals surface area (Å²) in [5, 5.41) is 16.0. The van der Waals surface area contributed by atoms with E-state index in [1.807, 2.05) is 25.7 Å². The first-order valence-electron chi connectivity index (χ1n) is 10.3. The van der Waals surface area contributed by atoms with Crippen molar-refractivity contribution in [3.8, 4) is 0 Å². The van der Waals surface area contributed by atoms with Gasteiger partial charge in [-0.25, -0.2) is 19.2 Å². The van der Waals surface area contributed by atoms with Crippen LogP contribution in [0.2, 0.25) is 0 Å². The van der Waals surface area contributed by atoms with Gasteiger partial charge in [-0.3, -0.25) is 0 Å². The predicted molar refractivity (Wildman–Crippen MR) is 116 cm³/mol. The zero-order chi connectivity index (χ0) is 22.1. The van der Waals surface area contributed by atoms with Gasteiger partial charge in [0.15, 0.2) is 0 Å². The van der Waals surface area contributed by atoms with Crippen LogP contribution in [0.1, 0.15) is 37.6 Å². The van der Waals surface area contributed by atoms with Gasteiger partial charge in [0.25, 0.3) is 0 Å². The summed E-state index contributed by atoms with van der Waals surface area (Å²) in [5.41, 5.74) is 1.83. The average molecular weight is 427 g/mol. The second kappa shape index (κ2) is 8.50. The fourth-order valence-corrected chi connectivity index (χ4v) is 3.82. The fraction of sp³-hybridized carbons (Fsp3) is 0.409. The lowest BCUT2D eigenvalue weighted by Crippen LogP contribution is -2.35. The quantitative estimate of drug-likeness (QED) is 0.573. The van der Waals surface area contributed by atoms with Crippen LogP contribution in [-0.4, -0.2) is 40.3 Å². The van der Waals surface area contributed by atoms with E-state index in [0.717, 1.165) is 5.56 Å². The predicted octanol–water partition coefficient (Wildman–Crippen LogP) is 3.76. The summed E-state index contributed by atoms with van der Waals surface area (Å²) in [7, 11) is 0. The highest BCUT2D eigenvalue weighted by Gasteiger charge is 2.26. The number of urea groups is 1. The molecule has 1 aromatic carbocycles. The van der Waals surface area contributed by atoms with E-state index in [2.05, 4.69) is 20.6 Å². The van der Waals surface area contributed by atoms with Gasteiger partial charge in [0.2, 0.25) is 5.95 Å². The van der Waals surface area contributed by atoms with Gasteiger partial charge in [0.1, 0.15) is 17.2 Å². The highest BCUT2D eigenvalue weighted by Crippen LogP contribution is 2.33. The van der Waals surface area contributed by atoms with Crippen molar-refractivity contribution >= 4 is 28.6 Å². The van der Waals surface area contributed by atoms with Crippen molar-refractivity contribution in [2.24, 2.45) is 5.92 Å². The molecule has 3 heterocycles. The lowest BCUT2D eigenvalue weighted by atomic mass is 9.98. The molecule has 0 saturated carbocycles. The molecule has 3 aromatic rings. The number of amides is 2. The van der Waals surface area contributed by atoms with Crippen molar-refractivity contribution < 1.29 is 18.7 Å². The number of aryl methyl sites for hydroxylation is 1. The molecule has 2 atom stereocenters. The van der Waals surface area contributed by atoms with Crippen molar-refractivity contribution in [1.82, 2.24) is 15.3 Å². The summed E-state index contributed by atoms with van der Waals surface area (Å²) in [6.45, 7) is 7.01. The number of carbonyl (C=O) groups excluding carboxylic acids is 1.